The molecular formula is C14H15N5O3. The topological polar surface area (TPSA) is 99.0 Å². The van der Waals surface area contributed by atoms with Gasteiger partial charge in [0.1, 0.15) is 6.33 Å². The predicted octanol–water partition coefficient (Wildman–Crippen LogP) is 0.510. The Balaban J connectivity index is 1.98. The number of carbonyl (C=O) groups is 2. The Morgan fingerprint density at radius 1 is 1.41 bits per heavy atom. The van der Waals surface area contributed by atoms with Crippen LogP contribution in [0.2, 0.25) is 0 Å². The highest BCUT2D eigenvalue weighted by Crippen LogP contribution is 2.10. The van der Waals surface area contributed by atoms with Crippen LogP contribution in [0, 0.1) is 0 Å². The average Bonchev–Trinajstić information content (AvgIpc) is 3.07. The lowest BCUT2D eigenvalue weighted by Crippen LogP contribution is -2.35. The van der Waals surface area contributed by atoms with E-state index in [-0.39, 0.29) is 5.91 Å². The van der Waals surface area contributed by atoms with Crippen molar-refractivity contribution in [2.24, 2.45) is 0 Å². The zero-order valence-corrected chi connectivity index (χ0v) is 12.0. The maximum Gasteiger partial charge on any atom is 0.338 e. The van der Waals surface area contributed by atoms with Crippen molar-refractivity contribution in [1.82, 2.24) is 25.5 Å². The number of ether oxygens (including phenoxy) is 1. The fraction of sp³-hybridized carbons (Fsp3) is 0.214. The van der Waals surface area contributed by atoms with E-state index in [0.29, 0.717) is 17.8 Å². The third kappa shape index (κ3) is 3.75. The van der Waals surface area contributed by atoms with Crippen molar-refractivity contribution in [3.8, 4) is 5.69 Å². The number of nitrogens with zero attached hydrogens (tertiary/aromatic N) is 4. The molecule has 1 amide bonds. The van der Waals surface area contributed by atoms with Crippen molar-refractivity contribution in [2.45, 2.75) is 13.0 Å². The molecule has 0 unspecified atom stereocenters. The van der Waals surface area contributed by atoms with Gasteiger partial charge in [-0.25, -0.2) is 9.48 Å². The predicted molar refractivity (Wildman–Crippen MR) is 77.2 cm³/mol. The molecule has 2 rings (SSSR count). The molecule has 0 fully saturated rings. The Bertz CT molecular complexity index is 652. The van der Waals surface area contributed by atoms with E-state index < -0.39 is 12.1 Å². The number of hydrogen-bond acceptors (Lipinski definition) is 6. The van der Waals surface area contributed by atoms with Gasteiger partial charge in [-0.1, -0.05) is 6.08 Å². The molecule has 0 aliphatic rings. The van der Waals surface area contributed by atoms with E-state index in [1.807, 2.05) is 0 Å². The van der Waals surface area contributed by atoms with Crippen LogP contribution in [0.4, 0.5) is 0 Å². The van der Waals surface area contributed by atoms with Crippen LogP contribution >= 0.6 is 0 Å². The SMILES string of the molecule is C=CCNC(=O)[C@@H](C)OC(=O)c1ccc(-n2cnnn2)cc1. The second-order valence-corrected chi connectivity index (χ2v) is 4.38. The standard InChI is InChI=1S/C14H15N5O3/c1-3-8-15-13(20)10(2)22-14(21)11-4-6-12(7-5-11)19-9-16-17-18-19/h3-7,9-10H,1,8H2,2H3,(H,15,20)/t10-/m1/s1. The van der Waals surface area contributed by atoms with Gasteiger partial charge >= 0.3 is 5.97 Å². The maximum absolute atomic E-state index is 12.0. The molecule has 0 saturated heterocycles. The summed E-state index contributed by atoms with van der Waals surface area (Å²) < 4.78 is 6.55. The van der Waals surface area contributed by atoms with Gasteiger partial charge in [-0.05, 0) is 41.6 Å². The van der Waals surface area contributed by atoms with Crippen LogP contribution in [0.3, 0.4) is 0 Å². The van der Waals surface area contributed by atoms with Crippen LogP contribution in [0.5, 0.6) is 0 Å². The van der Waals surface area contributed by atoms with Gasteiger partial charge in [-0.15, -0.1) is 11.7 Å². The molecular weight excluding hydrogens is 286 g/mol. The fourth-order valence-corrected chi connectivity index (χ4v) is 1.63. The summed E-state index contributed by atoms with van der Waals surface area (Å²) >= 11 is 0. The van der Waals surface area contributed by atoms with Crippen LogP contribution in [-0.2, 0) is 9.53 Å². The van der Waals surface area contributed by atoms with Gasteiger partial charge in [0.05, 0.1) is 11.3 Å². The van der Waals surface area contributed by atoms with E-state index in [4.69, 9.17) is 4.74 Å². The molecule has 1 heterocycles. The summed E-state index contributed by atoms with van der Waals surface area (Å²) in [4.78, 5) is 23.6. The van der Waals surface area contributed by atoms with Crippen molar-refractivity contribution in [3.63, 3.8) is 0 Å². The molecule has 0 aliphatic heterocycles. The fourth-order valence-electron chi connectivity index (χ4n) is 1.63. The zero-order chi connectivity index (χ0) is 15.9. The Morgan fingerprint density at radius 2 is 2.14 bits per heavy atom. The van der Waals surface area contributed by atoms with Crippen LogP contribution in [0.25, 0.3) is 5.69 Å². The first-order valence-electron chi connectivity index (χ1n) is 6.55. The monoisotopic (exact) mass is 301 g/mol. The summed E-state index contributed by atoms with van der Waals surface area (Å²) in [5.74, 6) is -0.955. The smallest absolute Gasteiger partial charge is 0.338 e. The molecule has 8 nitrogen and oxygen atoms in total. The maximum atomic E-state index is 12.0. The lowest BCUT2D eigenvalue weighted by Gasteiger charge is -2.12. The van der Waals surface area contributed by atoms with E-state index in [2.05, 4.69) is 27.4 Å². The largest absolute Gasteiger partial charge is 0.449 e. The van der Waals surface area contributed by atoms with Crippen molar-refractivity contribution in [1.29, 1.82) is 0 Å². The molecule has 114 valence electrons. The molecule has 0 bridgehead atoms. The number of aromatic nitrogens is 4. The molecule has 1 atom stereocenters. The molecule has 1 aromatic carbocycles. The second-order valence-electron chi connectivity index (χ2n) is 4.38. The first kappa shape index (κ1) is 15.4. The summed E-state index contributed by atoms with van der Waals surface area (Å²) in [7, 11) is 0. The Morgan fingerprint density at radius 3 is 2.73 bits per heavy atom. The van der Waals surface area contributed by atoms with Crippen molar-refractivity contribution < 1.29 is 14.3 Å². The van der Waals surface area contributed by atoms with Gasteiger partial charge in [0.15, 0.2) is 6.10 Å². The van der Waals surface area contributed by atoms with Gasteiger partial charge < -0.3 is 10.1 Å². The quantitative estimate of drug-likeness (QED) is 0.616. The van der Waals surface area contributed by atoms with E-state index >= 15 is 0 Å². The van der Waals surface area contributed by atoms with Gasteiger partial charge in [0.25, 0.3) is 5.91 Å². The number of esters is 1. The lowest BCUT2D eigenvalue weighted by atomic mass is 10.2. The average molecular weight is 301 g/mol. The van der Waals surface area contributed by atoms with Gasteiger partial charge in [0.2, 0.25) is 0 Å². The molecule has 0 aliphatic carbocycles. The second kappa shape index (κ2) is 7.11. The normalized spacial score (nSPS) is 11.5. The summed E-state index contributed by atoms with van der Waals surface area (Å²) in [6.07, 6.45) is 2.11. The highest BCUT2D eigenvalue weighted by molar-refractivity contribution is 5.92. The molecule has 0 saturated carbocycles. The summed E-state index contributed by atoms with van der Waals surface area (Å²) in [5.41, 5.74) is 1.04. The van der Waals surface area contributed by atoms with E-state index in [9.17, 15) is 9.59 Å². The minimum atomic E-state index is -0.883. The number of rotatable bonds is 6. The van der Waals surface area contributed by atoms with Crippen LogP contribution in [0.15, 0.2) is 43.2 Å². The van der Waals surface area contributed by atoms with E-state index in [1.165, 1.54) is 17.9 Å². The highest BCUT2D eigenvalue weighted by atomic mass is 16.5. The minimum absolute atomic E-state index is 0.321. The number of nitrogens with one attached hydrogen (secondary N) is 1. The first-order chi connectivity index (χ1) is 10.6. The molecule has 1 N–H and O–H groups in total. The van der Waals surface area contributed by atoms with Gasteiger partial charge in [0, 0.05) is 6.54 Å². The van der Waals surface area contributed by atoms with E-state index in [1.54, 1.807) is 30.3 Å². The highest BCUT2D eigenvalue weighted by Gasteiger charge is 2.18. The first-order valence-corrected chi connectivity index (χ1v) is 6.55. The summed E-state index contributed by atoms with van der Waals surface area (Å²) in [6, 6.07) is 6.51. The lowest BCUT2D eigenvalue weighted by molar-refractivity contribution is -0.128. The van der Waals surface area contributed by atoms with Crippen LogP contribution < -0.4 is 5.32 Å². The summed E-state index contributed by atoms with van der Waals surface area (Å²) in [6.45, 7) is 5.32. The molecule has 0 radical (unpaired) electrons. The number of amides is 1. The van der Waals surface area contributed by atoms with Crippen molar-refractivity contribution in [2.75, 3.05) is 6.54 Å². The number of carbonyl (C=O) groups excluding carboxylic acids is 2. The number of hydrogen-bond donors (Lipinski definition) is 1. The minimum Gasteiger partial charge on any atom is -0.449 e. The van der Waals surface area contributed by atoms with Gasteiger partial charge in [-0.2, -0.15) is 0 Å². The Labute approximate surface area is 126 Å². The van der Waals surface area contributed by atoms with Crippen LogP contribution in [0.1, 0.15) is 17.3 Å². The van der Waals surface area contributed by atoms with Crippen molar-refractivity contribution >= 4 is 11.9 Å². The van der Waals surface area contributed by atoms with Crippen LogP contribution in [-0.4, -0.2) is 44.7 Å². The zero-order valence-electron chi connectivity index (χ0n) is 12.0. The molecule has 8 heteroatoms. The third-order valence-corrected chi connectivity index (χ3v) is 2.79. The molecule has 2 aromatic rings. The number of tetrazole rings is 1. The third-order valence-electron chi connectivity index (χ3n) is 2.79. The molecule has 1 aromatic heterocycles. The Kier molecular flexibility index (Phi) is 4.97. The summed E-state index contributed by atoms with van der Waals surface area (Å²) in [5, 5.41) is 13.4. The Hall–Kier alpha value is -3.03. The molecule has 0 spiro atoms. The van der Waals surface area contributed by atoms with Gasteiger partial charge in [-0.3, -0.25) is 4.79 Å². The molecule has 22 heavy (non-hydrogen) atoms. The van der Waals surface area contributed by atoms with E-state index in [0.717, 1.165) is 0 Å². The van der Waals surface area contributed by atoms with Crippen molar-refractivity contribution in [3.05, 3.63) is 48.8 Å². The number of benzene rings is 1.